The Labute approximate surface area is 98.3 Å². The summed E-state index contributed by atoms with van der Waals surface area (Å²) >= 11 is 10.6. The van der Waals surface area contributed by atoms with Crippen LogP contribution in [0.1, 0.15) is 0 Å². The maximum absolute atomic E-state index is 5.92. The maximum atomic E-state index is 5.92. The zero-order valence-corrected chi connectivity index (χ0v) is 9.85. The van der Waals surface area contributed by atoms with E-state index in [1.54, 1.807) is 12.1 Å². The Morgan fingerprint density at radius 2 is 1.93 bits per heavy atom. The Morgan fingerprint density at radius 1 is 1.33 bits per heavy atom. The van der Waals surface area contributed by atoms with Gasteiger partial charge in [-0.05, 0) is 18.3 Å². The molecule has 4 nitrogen and oxygen atoms in total. The zero-order chi connectivity index (χ0) is 11.4. The maximum Gasteiger partial charge on any atom is 0.190 e. The minimum Gasteiger partial charge on any atom is -0.495 e. The van der Waals surface area contributed by atoms with Crippen molar-refractivity contribution in [2.75, 3.05) is 14.2 Å². The minimum atomic E-state index is 0.0227. The van der Waals surface area contributed by atoms with E-state index in [-0.39, 0.29) is 5.11 Å². The number of benzene rings is 1. The van der Waals surface area contributed by atoms with Crippen LogP contribution in [-0.4, -0.2) is 19.3 Å². The van der Waals surface area contributed by atoms with Gasteiger partial charge in [0.1, 0.15) is 17.2 Å². The van der Waals surface area contributed by atoms with Crippen molar-refractivity contribution in [2.24, 2.45) is 5.73 Å². The first-order valence-corrected chi connectivity index (χ1v) is 4.79. The number of methoxy groups -OCH3 is 2. The Kier molecular flexibility index (Phi) is 3.99. The monoisotopic (exact) mass is 245 g/mol. The SMILES string of the molecule is COc1cc(OC)c([N]C(N)=S)cc1Cl. The first-order valence-electron chi connectivity index (χ1n) is 4.01. The van der Waals surface area contributed by atoms with E-state index in [0.717, 1.165) is 0 Å². The van der Waals surface area contributed by atoms with Gasteiger partial charge in [0.2, 0.25) is 0 Å². The van der Waals surface area contributed by atoms with Crippen LogP contribution >= 0.6 is 23.8 Å². The molecule has 15 heavy (non-hydrogen) atoms. The van der Waals surface area contributed by atoms with Crippen LogP contribution in [0.5, 0.6) is 11.5 Å². The molecule has 0 fully saturated rings. The fourth-order valence-electron chi connectivity index (χ4n) is 1.05. The van der Waals surface area contributed by atoms with Crippen LogP contribution < -0.4 is 20.5 Å². The molecule has 1 rings (SSSR count). The molecule has 0 amide bonds. The van der Waals surface area contributed by atoms with Crippen LogP contribution in [0.2, 0.25) is 5.02 Å². The molecule has 81 valence electrons. The van der Waals surface area contributed by atoms with Gasteiger partial charge in [-0.25, -0.2) is 5.32 Å². The lowest BCUT2D eigenvalue weighted by atomic mass is 10.2. The summed E-state index contributed by atoms with van der Waals surface area (Å²) in [5, 5.41) is 4.36. The van der Waals surface area contributed by atoms with Gasteiger partial charge in [-0.15, -0.1) is 0 Å². The van der Waals surface area contributed by atoms with Crippen molar-refractivity contribution in [3.63, 3.8) is 0 Å². The first-order chi connectivity index (χ1) is 7.08. The van der Waals surface area contributed by atoms with Gasteiger partial charge in [-0.2, -0.15) is 0 Å². The van der Waals surface area contributed by atoms with Gasteiger partial charge < -0.3 is 15.2 Å². The second kappa shape index (κ2) is 5.04. The minimum absolute atomic E-state index is 0.0227. The lowest BCUT2D eigenvalue weighted by Crippen LogP contribution is -2.18. The van der Waals surface area contributed by atoms with Gasteiger partial charge in [-0.1, -0.05) is 11.6 Å². The molecule has 0 aliphatic carbocycles. The van der Waals surface area contributed by atoms with E-state index in [4.69, 9.17) is 26.8 Å². The van der Waals surface area contributed by atoms with Crippen molar-refractivity contribution in [3.05, 3.63) is 17.2 Å². The molecule has 1 radical (unpaired) electrons. The summed E-state index contributed by atoms with van der Waals surface area (Å²) in [6.07, 6.45) is 0. The molecule has 2 N–H and O–H groups in total. The molecule has 6 heteroatoms. The molecule has 0 heterocycles. The summed E-state index contributed by atoms with van der Waals surface area (Å²) in [6.45, 7) is 0. The predicted molar refractivity (Wildman–Crippen MR) is 63.1 cm³/mol. The van der Waals surface area contributed by atoms with Crippen LogP contribution in [0.25, 0.3) is 0 Å². The molecule has 0 saturated carbocycles. The van der Waals surface area contributed by atoms with Crippen molar-refractivity contribution in [1.82, 2.24) is 5.32 Å². The number of nitrogens with two attached hydrogens (primary N) is 1. The van der Waals surface area contributed by atoms with E-state index in [9.17, 15) is 0 Å². The van der Waals surface area contributed by atoms with E-state index in [0.29, 0.717) is 22.2 Å². The molecule has 0 spiro atoms. The second-order valence-electron chi connectivity index (χ2n) is 2.61. The number of ether oxygens (including phenoxy) is 2. The quantitative estimate of drug-likeness (QED) is 0.826. The molecule has 0 aliphatic rings. The lowest BCUT2D eigenvalue weighted by molar-refractivity contribution is 0.394. The van der Waals surface area contributed by atoms with Gasteiger partial charge in [0.15, 0.2) is 5.11 Å². The number of rotatable bonds is 3. The van der Waals surface area contributed by atoms with E-state index in [1.165, 1.54) is 14.2 Å². The smallest absolute Gasteiger partial charge is 0.190 e. The highest BCUT2D eigenvalue weighted by atomic mass is 35.5. The van der Waals surface area contributed by atoms with Crippen LogP contribution in [0.15, 0.2) is 12.1 Å². The Balaban J connectivity index is 3.15. The normalized spacial score (nSPS) is 9.53. The van der Waals surface area contributed by atoms with Crippen molar-refractivity contribution in [3.8, 4) is 11.5 Å². The third-order valence-corrected chi connectivity index (χ3v) is 2.07. The van der Waals surface area contributed by atoms with E-state index in [2.05, 4.69) is 17.5 Å². The molecule has 0 bridgehead atoms. The van der Waals surface area contributed by atoms with Crippen LogP contribution in [-0.2, 0) is 0 Å². The summed E-state index contributed by atoms with van der Waals surface area (Å²) in [5.41, 5.74) is 5.79. The highest BCUT2D eigenvalue weighted by Gasteiger charge is 2.11. The predicted octanol–water partition coefficient (Wildman–Crippen LogP) is 1.84. The molecule has 0 aliphatic heterocycles. The third kappa shape index (κ3) is 2.87. The van der Waals surface area contributed by atoms with Crippen molar-refractivity contribution in [2.45, 2.75) is 0 Å². The van der Waals surface area contributed by atoms with Crippen molar-refractivity contribution in [1.29, 1.82) is 0 Å². The topological polar surface area (TPSA) is 58.6 Å². The molecule has 0 aromatic heterocycles. The molecular weight excluding hydrogens is 236 g/mol. The molecule has 0 atom stereocenters. The van der Waals surface area contributed by atoms with Crippen molar-refractivity contribution >= 4 is 34.6 Å². The van der Waals surface area contributed by atoms with Crippen molar-refractivity contribution < 1.29 is 9.47 Å². The summed E-state index contributed by atoms with van der Waals surface area (Å²) < 4.78 is 10.1. The number of halogens is 1. The fourth-order valence-corrected chi connectivity index (χ4v) is 1.38. The standard InChI is InChI=1S/C9H10ClN2O2S/c1-13-7-4-8(14-2)6(3-5(7)10)12-9(11)15/h3-4H,1-2H3,(H2,11,15). The molecule has 0 saturated heterocycles. The van der Waals surface area contributed by atoms with Gasteiger partial charge in [0, 0.05) is 6.07 Å². The highest BCUT2D eigenvalue weighted by Crippen LogP contribution is 2.35. The lowest BCUT2D eigenvalue weighted by Gasteiger charge is -2.10. The number of thiocarbonyl (C=S) groups is 1. The van der Waals surface area contributed by atoms with E-state index >= 15 is 0 Å². The summed E-state index contributed by atoms with van der Waals surface area (Å²) in [6, 6.07) is 3.21. The fraction of sp³-hybridized carbons (Fsp3) is 0.222. The first kappa shape index (κ1) is 11.9. The van der Waals surface area contributed by atoms with Crippen LogP contribution in [0.3, 0.4) is 0 Å². The van der Waals surface area contributed by atoms with E-state index < -0.39 is 0 Å². The second-order valence-corrected chi connectivity index (χ2v) is 3.43. The summed E-state index contributed by atoms with van der Waals surface area (Å²) in [5.74, 6) is 1.01. The van der Waals surface area contributed by atoms with Gasteiger partial charge >= 0.3 is 0 Å². The van der Waals surface area contributed by atoms with Crippen LogP contribution in [0.4, 0.5) is 5.69 Å². The number of hydrogen-bond acceptors (Lipinski definition) is 3. The third-order valence-electron chi connectivity index (χ3n) is 1.68. The Morgan fingerprint density at radius 3 is 2.40 bits per heavy atom. The van der Waals surface area contributed by atoms with Gasteiger partial charge in [0.25, 0.3) is 0 Å². The number of hydrogen-bond donors (Lipinski definition) is 1. The Hall–Kier alpha value is -1.20. The summed E-state index contributed by atoms with van der Waals surface area (Å²) in [7, 11) is 3.03. The van der Waals surface area contributed by atoms with Gasteiger partial charge in [-0.3, -0.25) is 0 Å². The zero-order valence-electron chi connectivity index (χ0n) is 8.28. The van der Waals surface area contributed by atoms with E-state index in [1.807, 2.05) is 0 Å². The Bertz CT molecular complexity index is 385. The summed E-state index contributed by atoms with van der Waals surface area (Å²) in [4.78, 5) is 0. The highest BCUT2D eigenvalue weighted by molar-refractivity contribution is 7.80. The molecule has 1 aromatic rings. The molecule has 1 aromatic carbocycles. The average molecular weight is 246 g/mol. The van der Waals surface area contributed by atoms with Gasteiger partial charge in [0.05, 0.1) is 19.2 Å². The average Bonchev–Trinajstić information content (AvgIpc) is 2.17. The number of nitrogens with zero attached hydrogens (tertiary/aromatic N) is 1. The molecular formula is C9H10ClN2O2S. The molecule has 0 unspecified atom stereocenters. The largest absolute Gasteiger partial charge is 0.495 e. The van der Waals surface area contributed by atoms with Crippen LogP contribution in [0, 0.1) is 0 Å².